The molecular weight excluding hydrogens is 431 g/mol. The van der Waals surface area contributed by atoms with Gasteiger partial charge in [-0.25, -0.2) is 14.6 Å². The van der Waals surface area contributed by atoms with Crippen LogP contribution in [0.15, 0.2) is 78.3 Å². The quantitative estimate of drug-likeness (QED) is 0.427. The lowest BCUT2D eigenvalue weighted by atomic mass is 9.81. The fourth-order valence-corrected chi connectivity index (χ4v) is 3.62. The topological polar surface area (TPSA) is 97.0 Å². The maximum atomic E-state index is 12.4. The fraction of sp³-hybridized carbons (Fsp3) is 0.208. The molecule has 4 aromatic rings. The van der Waals surface area contributed by atoms with Crippen molar-refractivity contribution in [3.63, 3.8) is 0 Å². The lowest BCUT2D eigenvalue weighted by Crippen LogP contribution is -2.35. The van der Waals surface area contributed by atoms with Crippen molar-refractivity contribution in [2.75, 3.05) is 0 Å². The minimum absolute atomic E-state index is 0.181. The lowest BCUT2D eigenvalue weighted by molar-refractivity contribution is 0.173. The third-order valence-electron chi connectivity index (χ3n) is 5.65. The van der Waals surface area contributed by atoms with Crippen molar-refractivity contribution in [2.45, 2.75) is 26.0 Å². The van der Waals surface area contributed by atoms with E-state index in [1.807, 2.05) is 51.4 Å². The normalized spacial score (nSPS) is 14.9. The number of hydrogen-bond donors (Lipinski definition) is 0. The van der Waals surface area contributed by atoms with Crippen molar-refractivity contribution in [2.24, 2.45) is 7.05 Å². The van der Waals surface area contributed by atoms with Gasteiger partial charge < -0.3 is 9.31 Å². The van der Waals surface area contributed by atoms with E-state index in [1.165, 1.54) is 10.7 Å². The Morgan fingerprint density at radius 3 is 2.56 bits per heavy atom. The van der Waals surface area contributed by atoms with Gasteiger partial charge in [-0.05, 0) is 31.5 Å². The molecule has 9 nitrogen and oxygen atoms in total. The number of benzene rings is 1. The van der Waals surface area contributed by atoms with Crippen LogP contribution in [-0.2, 0) is 22.9 Å². The van der Waals surface area contributed by atoms with E-state index in [1.54, 1.807) is 29.3 Å². The van der Waals surface area contributed by atoms with Gasteiger partial charge in [0.05, 0.1) is 24.2 Å². The summed E-state index contributed by atoms with van der Waals surface area (Å²) in [5.74, 6) is 1.14. The summed E-state index contributed by atoms with van der Waals surface area (Å²) in [6, 6.07) is 11.0. The Hall–Kier alpha value is -4.05. The Morgan fingerprint density at radius 1 is 1.09 bits per heavy atom. The van der Waals surface area contributed by atoms with Gasteiger partial charge in [0.1, 0.15) is 5.60 Å². The zero-order valence-electron chi connectivity index (χ0n) is 19.2. The van der Waals surface area contributed by atoms with Crippen LogP contribution in [0.2, 0.25) is 0 Å². The highest BCUT2D eigenvalue weighted by Gasteiger charge is 2.43. The molecule has 1 saturated heterocycles. The molecule has 10 heteroatoms. The predicted octanol–water partition coefficient (Wildman–Crippen LogP) is 2.18. The molecule has 1 fully saturated rings. The first-order chi connectivity index (χ1) is 16.3. The Labute approximate surface area is 196 Å². The molecule has 0 saturated carbocycles. The van der Waals surface area contributed by atoms with Gasteiger partial charge in [-0.2, -0.15) is 10.2 Å². The maximum Gasteiger partial charge on any atom is 0.566 e. The van der Waals surface area contributed by atoms with E-state index < -0.39 is 12.7 Å². The highest BCUT2D eigenvalue weighted by Crippen LogP contribution is 2.29. The molecule has 0 spiro atoms. The molecule has 0 radical (unpaired) electrons. The van der Waals surface area contributed by atoms with Crippen molar-refractivity contribution in [3.05, 3.63) is 89.4 Å². The second-order valence-corrected chi connectivity index (χ2v) is 8.66. The fourth-order valence-electron chi connectivity index (χ4n) is 3.62. The van der Waals surface area contributed by atoms with E-state index in [-0.39, 0.29) is 5.56 Å². The summed E-state index contributed by atoms with van der Waals surface area (Å²) < 4.78 is 14.7. The highest BCUT2D eigenvalue weighted by molar-refractivity contribution is 6.62. The molecule has 1 aliphatic rings. The molecule has 0 bridgehead atoms. The summed E-state index contributed by atoms with van der Waals surface area (Å²) >= 11 is 0. The van der Waals surface area contributed by atoms with Gasteiger partial charge >= 0.3 is 7.12 Å². The summed E-state index contributed by atoms with van der Waals surface area (Å²) in [5.41, 5.74) is 3.25. The third kappa shape index (κ3) is 4.27. The summed E-state index contributed by atoms with van der Waals surface area (Å²) in [5, 5.41) is 8.68. The number of hydrogen-bond acceptors (Lipinski definition) is 7. The predicted molar refractivity (Wildman–Crippen MR) is 128 cm³/mol. The van der Waals surface area contributed by atoms with Crippen LogP contribution in [0.1, 0.15) is 19.4 Å². The molecule has 5 rings (SSSR count). The van der Waals surface area contributed by atoms with Crippen LogP contribution in [0, 0.1) is 0 Å². The van der Waals surface area contributed by atoms with Gasteiger partial charge in [-0.3, -0.25) is 9.48 Å². The molecule has 1 aromatic carbocycles. The van der Waals surface area contributed by atoms with Gasteiger partial charge in [0.2, 0.25) is 0 Å². The van der Waals surface area contributed by atoms with Crippen LogP contribution in [0.25, 0.3) is 22.6 Å². The van der Waals surface area contributed by atoms with Crippen LogP contribution in [-0.4, -0.2) is 42.2 Å². The second kappa shape index (κ2) is 8.38. The van der Waals surface area contributed by atoms with Crippen LogP contribution < -0.4 is 11.0 Å². The largest absolute Gasteiger partial charge is 0.566 e. The molecule has 4 heterocycles. The molecule has 0 N–H and O–H groups in total. The summed E-state index contributed by atoms with van der Waals surface area (Å²) in [6.07, 6.45) is 6.96. The Balaban J connectivity index is 1.36. The van der Waals surface area contributed by atoms with Gasteiger partial charge in [0.25, 0.3) is 5.56 Å². The van der Waals surface area contributed by atoms with E-state index in [9.17, 15) is 4.79 Å². The molecule has 3 aromatic heterocycles. The van der Waals surface area contributed by atoms with Crippen molar-refractivity contribution in [3.8, 4) is 22.6 Å². The van der Waals surface area contributed by atoms with E-state index >= 15 is 0 Å². The van der Waals surface area contributed by atoms with Crippen molar-refractivity contribution in [1.29, 1.82) is 0 Å². The minimum atomic E-state index is -0.576. The Kier molecular flexibility index (Phi) is 5.37. The van der Waals surface area contributed by atoms with Crippen LogP contribution in [0.5, 0.6) is 0 Å². The van der Waals surface area contributed by atoms with Crippen molar-refractivity contribution in [1.82, 2.24) is 29.5 Å². The van der Waals surface area contributed by atoms with E-state index in [2.05, 4.69) is 26.7 Å². The van der Waals surface area contributed by atoms with Gasteiger partial charge in [0, 0.05) is 48.3 Å². The SMILES string of the molecule is C=C1OB(c2cnc(-c3cccc(Cn4nc(-c5cnn(C)c5)ccc4=O)c3)nc2)OC1(C)C. The average Bonchev–Trinajstić information content (AvgIpc) is 3.37. The molecule has 0 atom stereocenters. The molecule has 0 unspecified atom stereocenters. The van der Waals surface area contributed by atoms with Gasteiger partial charge in [0.15, 0.2) is 5.82 Å². The highest BCUT2D eigenvalue weighted by atomic mass is 16.7. The number of aromatic nitrogens is 6. The minimum Gasteiger partial charge on any atom is -0.534 e. The zero-order chi connectivity index (χ0) is 23.9. The Bertz CT molecular complexity index is 1430. The van der Waals surface area contributed by atoms with Crippen molar-refractivity contribution < 1.29 is 9.31 Å². The lowest BCUT2D eigenvalue weighted by Gasteiger charge is -2.15. The van der Waals surface area contributed by atoms with Gasteiger partial charge in [-0.15, -0.1) is 0 Å². The van der Waals surface area contributed by atoms with E-state index in [4.69, 9.17) is 9.31 Å². The maximum absolute atomic E-state index is 12.4. The van der Waals surface area contributed by atoms with Crippen LogP contribution in [0.3, 0.4) is 0 Å². The molecule has 170 valence electrons. The van der Waals surface area contributed by atoms with E-state index in [0.29, 0.717) is 23.8 Å². The number of nitrogens with zero attached hydrogens (tertiary/aromatic N) is 6. The molecular formula is C24H23BN6O3. The van der Waals surface area contributed by atoms with Crippen LogP contribution >= 0.6 is 0 Å². The average molecular weight is 454 g/mol. The number of rotatable bonds is 5. The first-order valence-corrected chi connectivity index (χ1v) is 10.8. The second-order valence-electron chi connectivity index (χ2n) is 8.66. The first kappa shape index (κ1) is 21.8. The van der Waals surface area contributed by atoms with Crippen LogP contribution in [0.4, 0.5) is 0 Å². The summed E-state index contributed by atoms with van der Waals surface area (Å²) in [7, 11) is 1.26. The van der Waals surface area contributed by atoms with Crippen molar-refractivity contribution >= 4 is 12.6 Å². The van der Waals surface area contributed by atoms with E-state index in [0.717, 1.165) is 22.2 Å². The molecule has 0 aliphatic carbocycles. The standard InChI is InChI=1S/C24H23BN6O3/c1-16-24(2,3)34-25(33-16)20-12-26-23(27-13-20)18-7-5-6-17(10-18)14-31-22(32)9-8-21(29-31)19-11-28-30(4)15-19/h5-13,15H,1,14H2,2-4H3. The monoisotopic (exact) mass is 454 g/mol. The summed E-state index contributed by atoms with van der Waals surface area (Å²) in [6.45, 7) is 8.03. The zero-order valence-corrected chi connectivity index (χ0v) is 19.2. The molecule has 0 amide bonds. The molecule has 34 heavy (non-hydrogen) atoms. The summed E-state index contributed by atoms with van der Waals surface area (Å²) in [4.78, 5) is 21.4. The smallest absolute Gasteiger partial charge is 0.534 e. The van der Waals surface area contributed by atoms with Gasteiger partial charge in [-0.1, -0.05) is 24.8 Å². The number of aryl methyl sites for hydroxylation is 1. The molecule has 1 aliphatic heterocycles. The first-order valence-electron chi connectivity index (χ1n) is 10.8. The Morgan fingerprint density at radius 2 is 1.88 bits per heavy atom. The third-order valence-corrected chi connectivity index (χ3v) is 5.65.